The Hall–Kier alpha value is -3.27. The van der Waals surface area contributed by atoms with Crippen LogP contribution in [0, 0.1) is 5.82 Å². The van der Waals surface area contributed by atoms with E-state index in [9.17, 15) is 9.18 Å². The van der Waals surface area contributed by atoms with Gasteiger partial charge in [-0.1, -0.05) is 16.8 Å². The summed E-state index contributed by atoms with van der Waals surface area (Å²) in [5, 5.41) is 7.57. The second-order valence-corrected chi connectivity index (χ2v) is 8.15. The highest BCUT2D eigenvalue weighted by Gasteiger charge is 2.48. The van der Waals surface area contributed by atoms with Gasteiger partial charge in [-0.25, -0.2) is 19.1 Å². The fraction of sp³-hybridized carbons (Fsp3) is 0.350. The van der Waals surface area contributed by atoms with E-state index in [0.29, 0.717) is 10.8 Å². The Kier molecular flexibility index (Phi) is 5.26. The summed E-state index contributed by atoms with van der Waals surface area (Å²) in [5.74, 6) is -0.125. The van der Waals surface area contributed by atoms with Crippen LogP contribution in [0.5, 0.6) is 0 Å². The number of carbonyl (C=O) groups is 1. The number of anilines is 2. The Balaban J connectivity index is 1.56. The van der Waals surface area contributed by atoms with Gasteiger partial charge in [0.1, 0.15) is 12.1 Å². The van der Waals surface area contributed by atoms with Crippen molar-refractivity contribution in [2.24, 2.45) is 0 Å². The minimum absolute atomic E-state index is 0.0956. The highest BCUT2D eigenvalue weighted by Crippen LogP contribution is 2.35. The zero-order chi connectivity index (χ0) is 22.3. The van der Waals surface area contributed by atoms with Crippen LogP contribution >= 0.6 is 11.6 Å². The number of nitrogens with one attached hydrogen (secondary N) is 1. The summed E-state index contributed by atoms with van der Waals surface area (Å²) in [6.07, 6.45) is -0.107. The number of hydrogen-bond donors (Lipinski definition) is 1. The van der Waals surface area contributed by atoms with Gasteiger partial charge in [-0.2, -0.15) is 9.97 Å². The topological polar surface area (TPSA) is 106 Å². The van der Waals surface area contributed by atoms with Crippen molar-refractivity contribution in [2.75, 3.05) is 10.2 Å². The van der Waals surface area contributed by atoms with Crippen molar-refractivity contribution in [1.29, 1.82) is 0 Å². The minimum atomic E-state index is -0.783. The monoisotopic (exact) mass is 446 g/mol. The number of nitrogens with zero attached hydrogens (tertiary/aromatic N) is 5. The summed E-state index contributed by atoms with van der Waals surface area (Å²) < 4.78 is 25.1. The Morgan fingerprint density at radius 1 is 1.26 bits per heavy atom. The number of rotatable bonds is 5. The first-order valence-corrected chi connectivity index (χ1v) is 9.94. The number of halogens is 2. The van der Waals surface area contributed by atoms with Crippen molar-refractivity contribution in [3.8, 4) is 11.4 Å². The molecule has 9 nitrogen and oxygen atoms in total. The molecule has 1 aromatic carbocycles. The summed E-state index contributed by atoms with van der Waals surface area (Å²) in [6.45, 7) is 7.06. The molecule has 3 aromatic rings. The average Bonchev–Trinajstić information content (AvgIpc) is 3.28. The molecule has 2 atom stereocenters. The number of carbonyl (C=O) groups excluding carboxylic acids is 1. The van der Waals surface area contributed by atoms with Crippen LogP contribution in [0.15, 0.2) is 35.0 Å². The quantitative estimate of drug-likeness (QED) is 0.605. The van der Waals surface area contributed by atoms with Gasteiger partial charge in [0.15, 0.2) is 11.6 Å². The third-order valence-electron chi connectivity index (χ3n) is 5.23. The molecule has 1 fully saturated rings. The van der Waals surface area contributed by atoms with E-state index in [2.05, 4.69) is 25.4 Å². The normalized spacial score (nSPS) is 18.7. The zero-order valence-corrected chi connectivity index (χ0v) is 18.0. The first-order valence-electron chi connectivity index (χ1n) is 9.56. The molecule has 162 valence electrons. The van der Waals surface area contributed by atoms with Gasteiger partial charge in [0.25, 0.3) is 0 Å². The maximum Gasteiger partial charge on any atom is 0.416 e. The molecule has 1 aliphatic heterocycles. The average molecular weight is 447 g/mol. The van der Waals surface area contributed by atoms with E-state index in [1.54, 1.807) is 52.0 Å². The molecular formula is C20H20ClFN6O3. The molecule has 3 heterocycles. The van der Waals surface area contributed by atoms with Gasteiger partial charge in [-0.15, -0.1) is 0 Å². The predicted molar refractivity (Wildman–Crippen MR) is 111 cm³/mol. The zero-order valence-electron chi connectivity index (χ0n) is 17.3. The predicted octanol–water partition coefficient (Wildman–Crippen LogP) is 4.62. The summed E-state index contributed by atoms with van der Waals surface area (Å²) in [7, 11) is 0. The van der Waals surface area contributed by atoms with Crippen molar-refractivity contribution in [3.63, 3.8) is 0 Å². The molecule has 0 radical (unpaired) electrons. The number of benzene rings is 1. The molecule has 1 amide bonds. The van der Waals surface area contributed by atoms with Crippen LogP contribution in [0.25, 0.3) is 11.4 Å². The molecule has 0 saturated carbocycles. The van der Waals surface area contributed by atoms with E-state index in [1.807, 2.05) is 0 Å². The number of hydrogen-bond acceptors (Lipinski definition) is 8. The number of aromatic nitrogens is 4. The maximum absolute atomic E-state index is 14.5. The molecule has 1 saturated heterocycles. The smallest absolute Gasteiger partial charge is 0.416 e. The van der Waals surface area contributed by atoms with Crippen LogP contribution in [-0.4, -0.2) is 37.8 Å². The Morgan fingerprint density at radius 2 is 1.97 bits per heavy atom. The number of amides is 1. The van der Waals surface area contributed by atoms with Crippen LogP contribution in [0.4, 0.5) is 21.0 Å². The molecule has 0 bridgehead atoms. The van der Waals surface area contributed by atoms with Gasteiger partial charge in [0.05, 0.1) is 11.7 Å². The van der Waals surface area contributed by atoms with Crippen molar-refractivity contribution in [1.82, 2.24) is 20.1 Å². The van der Waals surface area contributed by atoms with Crippen molar-refractivity contribution in [2.45, 2.75) is 45.4 Å². The first-order chi connectivity index (χ1) is 14.7. The fourth-order valence-electron chi connectivity index (χ4n) is 3.09. The van der Waals surface area contributed by atoms with Gasteiger partial charge in [-0.3, -0.25) is 0 Å². The van der Waals surface area contributed by atoms with Crippen molar-refractivity contribution in [3.05, 3.63) is 47.2 Å². The molecule has 4 rings (SSSR count). The third-order valence-corrected chi connectivity index (χ3v) is 5.48. The SMILES string of the molecule is CC1OC(=O)N(c2nc(N[C@@H](C)c3nc(-c4ccc(Cl)cc4)no3)ncc2F)C1(C)C. The molecule has 11 heteroatoms. The molecule has 0 spiro atoms. The van der Waals surface area contributed by atoms with E-state index < -0.39 is 29.6 Å². The van der Waals surface area contributed by atoms with Crippen molar-refractivity contribution < 1.29 is 18.4 Å². The van der Waals surface area contributed by atoms with Crippen LogP contribution in [0.1, 0.15) is 39.6 Å². The molecule has 31 heavy (non-hydrogen) atoms. The molecule has 1 unspecified atom stereocenters. The lowest BCUT2D eigenvalue weighted by Crippen LogP contribution is -2.46. The van der Waals surface area contributed by atoms with Gasteiger partial charge in [0, 0.05) is 10.6 Å². The highest BCUT2D eigenvalue weighted by molar-refractivity contribution is 6.30. The molecule has 0 aliphatic carbocycles. The Labute approximate surface area is 182 Å². The second kappa shape index (κ2) is 7.77. The second-order valence-electron chi connectivity index (χ2n) is 7.71. The minimum Gasteiger partial charge on any atom is -0.444 e. The molecule has 1 aliphatic rings. The fourth-order valence-corrected chi connectivity index (χ4v) is 3.22. The molecular weight excluding hydrogens is 427 g/mol. The van der Waals surface area contributed by atoms with Gasteiger partial charge in [0.2, 0.25) is 17.7 Å². The summed E-state index contributed by atoms with van der Waals surface area (Å²) in [5.41, 5.74) is -0.0365. The van der Waals surface area contributed by atoms with E-state index in [-0.39, 0.29) is 17.7 Å². The maximum atomic E-state index is 14.5. The van der Waals surface area contributed by atoms with Gasteiger partial charge in [-0.05, 0) is 52.0 Å². The lowest BCUT2D eigenvalue weighted by Gasteiger charge is -2.30. The van der Waals surface area contributed by atoms with Gasteiger partial charge >= 0.3 is 6.09 Å². The summed E-state index contributed by atoms with van der Waals surface area (Å²) in [6, 6.07) is 6.54. The standard InChI is InChI=1S/C20H20ClFN6O3/c1-10(17-25-15(27-31-17)12-5-7-13(21)8-6-12)24-18-23-9-14(22)16(26-18)28-19(29)30-11(2)20(28,3)4/h5-11H,1-4H3,(H,23,24,26)/t10-,11?/m0/s1. The van der Waals surface area contributed by atoms with Crippen LogP contribution in [-0.2, 0) is 4.74 Å². The van der Waals surface area contributed by atoms with Crippen LogP contribution < -0.4 is 10.2 Å². The highest BCUT2D eigenvalue weighted by atomic mass is 35.5. The third kappa shape index (κ3) is 3.90. The van der Waals surface area contributed by atoms with E-state index in [4.69, 9.17) is 20.9 Å². The van der Waals surface area contributed by atoms with Crippen LogP contribution in [0.2, 0.25) is 5.02 Å². The van der Waals surface area contributed by atoms with E-state index in [1.165, 1.54) is 4.90 Å². The van der Waals surface area contributed by atoms with Crippen LogP contribution in [0.3, 0.4) is 0 Å². The summed E-state index contributed by atoms with van der Waals surface area (Å²) in [4.78, 5) is 26.0. The molecule has 1 N–H and O–H groups in total. The molecule has 2 aromatic heterocycles. The summed E-state index contributed by atoms with van der Waals surface area (Å²) >= 11 is 5.90. The lowest BCUT2D eigenvalue weighted by molar-refractivity contribution is 0.129. The number of cyclic esters (lactones) is 1. The van der Waals surface area contributed by atoms with E-state index in [0.717, 1.165) is 11.8 Å². The van der Waals surface area contributed by atoms with Gasteiger partial charge < -0.3 is 14.6 Å². The van der Waals surface area contributed by atoms with Crippen molar-refractivity contribution >= 4 is 29.5 Å². The largest absolute Gasteiger partial charge is 0.444 e. The Bertz CT molecular complexity index is 1120. The van der Waals surface area contributed by atoms with E-state index >= 15 is 0 Å². The Morgan fingerprint density at radius 3 is 2.61 bits per heavy atom. The first kappa shape index (κ1) is 21.0. The number of ether oxygens (including phenoxy) is 1. The lowest BCUT2D eigenvalue weighted by atomic mass is 9.98.